The highest BCUT2D eigenvalue weighted by atomic mass is 32.1. The highest BCUT2D eigenvalue weighted by molar-refractivity contribution is 7.10. The van der Waals surface area contributed by atoms with Gasteiger partial charge in [-0.25, -0.2) is 0 Å². The van der Waals surface area contributed by atoms with E-state index in [1.807, 2.05) is 11.3 Å². The summed E-state index contributed by atoms with van der Waals surface area (Å²) in [5, 5.41) is 2.22. The second kappa shape index (κ2) is 4.86. The fourth-order valence-electron chi connectivity index (χ4n) is 2.29. The fraction of sp³-hybridized carbons (Fsp3) is 0.692. The number of nitrogens with zero attached hydrogens (tertiary/aromatic N) is 1. The van der Waals surface area contributed by atoms with Crippen LogP contribution in [0.4, 0.5) is 0 Å². The molecule has 0 radical (unpaired) electrons. The summed E-state index contributed by atoms with van der Waals surface area (Å²) in [4.78, 5) is 4.10. The van der Waals surface area contributed by atoms with Crippen LogP contribution in [0, 0.1) is 5.92 Å². The largest absolute Gasteiger partial charge is 0.326 e. The van der Waals surface area contributed by atoms with Crippen molar-refractivity contribution in [3.63, 3.8) is 0 Å². The van der Waals surface area contributed by atoms with Gasteiger partial charge in [-0.2, -0.15) is 0 Å². The Morgan fingerprint density at radius 2 is 2.31 bits per heavy atom. The minimum Gasteiger partial charge on any atom is -0.326 e. The van der Waals surface area contributed by atoms with E-state index in [0.29, 0.717) is 18.0 Å². The van der Waals surface area contributed by atoms with Crippen molar-refractivity contribution in [3.05, 3.63) is 21.9 Å². The molecular weight excluding hydrogens is 216 g/mol. The summed E-state index contributed by atoms with van der Waals surface area (Å²) in [5.41, 5.74) is 7.69. The van der Waals surface area contributed by atoms with Crippen LogP contribution in [0.1, 0.15) is 37.3 Å². The van der Waals surface area contributed by atoms with Gasteiger partial charge in [-0.1, -0.05) is 13.8 Å². The number of rotatable bonds is 3. The number of hydrogen-bond acceptors (Lipinski definition) is 3. The highest BCUT2D eigenvalue weighted by Gasteiger charge is 2.26. The SMILES string of the molecule is CC(C)C(N)CN1CCc2sccc2C1C. The van der Waals surface area contributed by atoms with Crippen molar-refractivity contribution in [2.24, 2.45) is 11.7 Å². The van der Waals surface area contributed by atoms with E-state index in [4.69, 9.17) is 5.73 Å². The van der Waals surface area contributed by atoms with E-state index >= 15 is 0 Å². The van der Waals surface area contributed by atoms with Crippen LogP contribution in [0.15, 0.2) is 11.4 Å². The first-order valence-corrected chi connectivity index (χ1v) is 7.03. The second-order valence-electron chi connectivity index (χ2n) is 5.13. The van der Waals surface area contributed by atoms with Crippen molar-refractivity contribution in [1.29, 1.82) is 0 Å². The van der Waals surface area contributed by atoms with Crippen LogP contribution >= 0.6 is 11.3 Å². The smallest absolute Gasteiger partial charge is 0.0331 e. The molecule has 0 spiro atoms. The summed E-state index contributed by atoms with van der Waals surface area (Å²) >= 11 is 1.90. The molecule has 1 aromatic heterocycles. The minimum absolute atomic E-state index is 0.294. The highest BCUT2D eigenvalue weighted by Crippen LogP contribution is 2.32. The van der Waals surface area contributed by atoms with E-state index in [1.54, 1.807) is 4.88 Å². The molecule has 1 aromatic rings. The Kier molecular flexibility index (Phi) is 3.67. The first-order valence-electron chi connectivity index (χ1n) is 6.15. The Labute approximate surface area is 102 Å². The molecule has 2 atom stereocenters. The van der Waals surface area contributed by atoms with Crippen LogP contribution < -0.4 is 5.73 Å². The maximum Gasteiger partial charge on any atom is 0.0331 e. The first kappa shape index (κ1) is 12.1. The lowest BCUT2D eigenvalue weighted by atomic mass is 9.98. The molecule has 16 heavy (non-hydrogen) atoms. The zero-order chi connectivity index (χ0) is 11.7. The summed E-state index contributed by atoms with van der Waals surface area (Å²) in [6, 6.07) is 3.11. The molecule has 2 nitrogen and oxygen atoms in total. The van der Waals surface area contributed by atoms with E-state index in [2.05, 4.69) is 37.1 Å². The molecule has 2 unspecified atom stereocenters. The van der Waals surface area contributed by atoms with Gasteiger partial charge in [0.05, 0.1) is 0 Å². The van der Waals surface area contributed by atoms with E-state index in [-0.39, 0.29) is 0 Å². The summed E-state index contributed by atoms with van der Waals surface area (Å²) in [6.07, 6.45) is 1.20. The molecule has 0 aliphatic carbocycles. The van der Waals surface area contributed by atoms with E-state index in [0.717, 1.165) is 13.1 Å². The van der Waals surface area contributed by atoms with Gasteiger partial charge in [-0.05, 0) is 36.3 Å². The predicted molar refractivity (Wildman–Crippen MR) is 70.8 cm³/mol. The molecule has 2 rings (SSSR count). The third-order valence-electron chi connectivity index (χ3n) is 3.71. The van der Waals surface area contributed by atoms with Gasteiger partial charge in [0.1, 0.15) is 0 Å². The number of fused-ring (bicyclic) bond motifs is 1. The Balaban J connectivity index is 2.04. The van der Waals surface area contributed by atoms with Crippen molar-refractivity contribution >= 4 is 11.3 Å². The normalized spacial score (nSPS) is 23.4. The monoisotopic (exact) mass is 238 g/mol. The van der Waals surface area contributed by atoms with Crippen LogP contribution in [0.3, 0.4) is 0 Å². The number of thiophene rings is 1. The summed E-state index contributed by atoms with van der Waals surface area (Å²) in [7, 11) is 0. The fourth-order valence-corrected chi connectivity index (χ4v) is 3.26. The van der Waals surface area contributed by atoms with Gasteiger partial charge in [-0.15, -0.1) is 11.3 Å². The molecule has 0 fully saturated rings. The van der Waals surface area contributed by atoms with Gasteiger partial charge in [0.15, 0.2) is 0 Å². The maximum absolute atomic E-state index is 6.17. The molecular formula is C13H22N2S. The predicted octanol–water partition coefficient (Wildman–Crippen LogP) is 2.65. The molecule has 90 valence electrons. The molecule has 2 heterocycles. The lowest BCUT2D eigenvalue weighted by Gasteiger charge is -2.36. The Bertz CT molecular complexity index is 345. The standard InChI is InChI=1S/C13H22N2S/c1-9(2)12(14)8-15-6-4-13-11(10(15)3)5-7-16-13/h5,7,9-10,12H,4,6,8,14H2,1-3H3. The summed E-state index contributed by atoms with van der Waals surface area (Å²) in [6.45, 7) is 8.89. The average molecular weight is 238 g/mol. The van der Waals surface area contributed by atoms with Crippen LogP contribution in [-0.4, -0.2) is 24.0 Å². The van der Waals surface area contributed by atoms with Gasteiger partial charge in [-0.3, -0.25) is 4.90 Å². The summed E-state index contributed by atoms with van der Waals surface area (Å²) < 4.78 is 0. The van der Waals surface area contributed by atoms with E-state index in [1.165, 1.54) is 12.0 Å². The van der Waals surface area contributed by atoms with Crippen LogP contribution in [0.25, 0.3) is 0 Å². The number of nitrogens with two attached hydrogens (primary N) is 1. The Morgan fingerprint density at radius 1 is 1.56 bits per heavy atom. The first-order chi connectivity index (χ1) is 7.59. The Morgan fingerprint density at radius 3 is 3.00 bits per heavy atom. The molecule has 1 aliphatic rings. The van der Waals surface area contributed by atoms with Gasteiger partial charge in [0.2, 0.25) is 0 Å². The molecule has 2 N–H and O–H groups in total. The maximum atomic E-state index is 6.17. The molecule has 0 saturated heterocycles. The van der Waals surface area contributed by atoms with Gasteiger partial charge >= 0.3 is 0 Å². The number of hydrogen-bond donors (Lipinski definition) is 1. The van der Waals surface area contributed by atoms with Crippen LogP contribution in [0.2, 0.25) is 0 Å². The Hall–Kier alpha value is -0.380. The third kappa shape index (κ3) is 2.31. The third-order valence-corrected chi connectivity index (χ3v) is 4.70. The lowest BCUT2D eigenvalue weighted by molar-refractivity contribution is 0.176. The van der Waals surface area contributed by atoms with Crippen LogP contribution in [0.5, 0.6) is 0 Å². The summed E-state index contributed by atoms with van der Waals surface area (Å²) in [5.74, 6) is 0.566. The zero-order valence-corrected chi connectivity index (χ0v) is 11.3. The van der Waals surface area contributed by atoms with E-state index in [9.17, 15) is 0 Å². The topological polar surface area (TPSA) is 29.3 Å². The second-order valence-corrected chi connectivity index (χ2v) is 6.13. The average Bonchev–Trinajstić information content (AvgIpc) is 2.70. The van der Waals surface area contributed by atoms with Gasteiger partial charge < -0.3 is 5.73 Å². The van der Waals surface area contributed by atoms with Crippen LogP contribution in [-0.2, 0) is 6.42 Å². The van der Waals surface area contributed by atoms with Crippen molar-refractivity contribution < 1.29 is 0 Å². The zero-order valence-electron chi connectivity index (χ0n) is 10.4. The molecule has 1 aliphatic heterocycles. The van der Waals surface area contributed by atoms with Crippen molar-refractivity contribution in [3.8, 4) is 0 Å². The van der Waals surface area contributed by atoms with Gasteiger partial charge in [0, 0.05) is 30.1 Å². The molecule has 3 heteroatoms. The molecule has 0 bridgehead atoms. The molecule has 0 amide bonds. The van der Waals surface area contributed by atoms with E-state index < -0.39 is 0 Å². The van der Waals surface area contributed by atoms with Gasteiger partial charge in [0.25, 0.3) is 0 Å². The van der Waals surface area contributed by atoms with Crippen molar-refractivity contribution in [2.45, 2.75) is 39.3 Å². The molecule has 0 aromatic carbocycles. The quantitative estimate of drug-likeness (QED) is 0.877. The van der Waals surface area contributed by atoms with Crippen molar-refractivity contribution in [2.75, 3.05) is 13.1 Å². The van der Waals surface area contributed by atoms with Crippen molar-refractivity contribution in [1.82, 2.24) is 4.90 Å². The molecule has 0 saturated carbocycles. The lowest BCUT2D eigenvalue weighted by Crippen LogP contribution is -2.44. The minimum atomic E-state index is 0.294.